The van der Waals surface area contributed by atoms with Crippen molar-refractivity contribution in [2.24, 2.45) is 0 Å². The van der Waals surface area contributed by atoms with Crippen LogP contribution in [0.3, 0.4) is 0 Å². The van der Waals surface area contributed by atoms with E-state index in [1.807, 2.05) is 36.6 Å². The van der Waals surface area contributed by atoms with Gasteiger partial charge in [0.25, 0.3) is 0 Å². The number of aryl methyl sites for hydroxylation is 2. The number of anilines is 1. The molecule has 0 aliphatic carbocycles. The van der Waals surface area contributed by atoms with Crippen molar-refractivity contribution < 1.29 is 4.79 Å². The Labute approximate surface area is 119 Å². The standard InChI is InChI=1S/C14H14BrNOS/c1-10-4-6-13(12(15)9-10)16-14(17)7-5-11-3-2-8-18-11/h2-4,6,8-9H,5,7H2,1H3,(H,16,17). The summed E-state index contributed by atoms with van der Waals surface area (Å²) in [6, 6.07) is 9.96. The third kappa shape index (κ3) is 3.68. The molecule has 2 aromatic rings. The molecule has 0 bridgehead atoms. The van der Waals surface area contributed by atoms with Gasteiger partial charge in [0.15, 0.2) is 0 Å². The van der Waals surface area contributed by atoms with Crippen LogP contribution in [-0.2, 0) is 11.2 Å². The third-order valence-corrected chi connectivity index (χ3v) is 4.17. The Hall–Kier alpha value is -1.13. The molecule has 4 heteroatoms. The summed E-state index contributed by atoms with van der Waals surface area (Å²) in [6.07, 6.45) is 1.31. The molecule has 0 spiro atoms. The van der Waals surface area contributed by atoms with Gasteiger partial charge in [0.1, 0.15) is 0 Å². The van der Waals surface area contributed by atoms with Gasteiger partial charge in [-0.25, -0.2) is 0 Å². The summed E-state index contributed by atoms with van der Waals surface area (Å²) >= 11 is 5.14. The molecule has 0 aliphatic heterocycles. The normalized spacial score (nSPS) is 10.3. The van der Waals surface area contributed by atoms with Gasteiger partial charge in [-0.1, -0.05) is 12.1 Å². The van der Waals surface area contributed by atoms with Crippen molar-refractivity contribution >= 4 is 38.9 Å². The molecular weight excluding hydrogens is 310 g/mol. The van der Waals surface area contributed by atoms with E-state index in [0.717, 1.165) is 16.6 Å². The van der Waals surface area contributed by atoms with Gasteiger partial charge in [-0.15, -0.1) is 11.3 Å². The van der Waals surface area contributed by atoms with E-state index in [0.29, 0.717) is 6.42 Å². The first-order chi connectivity index (χ1) is 8.65. The quantitative estimate of drug-likeness (QED) is 0.888. The molecule has 0 fully saturated rings. The molecule has 0 unspecified atom stereocenters. The van der Waals surface area contributed by atoms with Crippen LogP contribution < -0.4 is 5.32 Å². The number of thiophene rings is 1. The second-order valence-corrected chi connectivity index (χ2v) is 6.00. The Morgan fingerprint density at radius 2 is 2.22 bits per heavy atom. The van der Waals surface area contributed by atoms with Gasteiger partial charge < -0.3 is 5.32 Å². The van der Waals surface area contributed by atoms with Crippen molar-refractivity contribution in [3.05, 3.63) is 50.6 Å². The number of rotatable bonds is 4. The Bertz CT molecular complexity index is 537. The van der Waals surface area contributed by atoms with Crippen molar-refractivity contribution in [3.63, 3.8) is 0 Å². The van der Waals surface area contributed by atoms with Gasteiger partial charge in [0.05, 0.1) is 5.69 Å². The fraction of sp³-hybridized carbons (Fsp3) is 0.214. The summed E-state index contributed by atoms with van der Waals surface area (Å²) in [7, 11) is 0. The highest BCUT2D eigenvalue weighted by atomic mass is 79.9. The molecule has 1 amide bonds. The first kappa shape index (κ1) is 13.3. The zero-order valence-electron chi connectivity index (χ0n) is 10.1. The molecule has 1 aromatic carbocycles. The number of amides is 1. The van der Waals surface area contributed by atoms with Crippen LogP contribution in [0.2, 0.25) is 0 Å². The lowest BCUT2D eigenvalue weighted by Crippen LogP contribution is -2.12. The molecule has 18 heavy (non-hydrogen) atoms. The van der Waals surface area contributed by atoms with Crippen LogP contribution in [0.1, 0.15) is 16.9 Å². The fourth-order valence-electron chi connectivity index (χ4n) is 1.63. The fourth-order valence-corrected chi connectivity index (χ4v) is 2.93. The largest absolute Gasteiger partial charge is 0.325 e. The molecule has 1 N–H and O–H groups in total. The van der Waals surface area contributed by atoms with Crippen LogP contribution in [0.15, 0.2) is 40.2 Å². The van der Waals surface area contributed by atoms with E-state index in [-0.39, 0.29) is 5.91 Å². The lowest BCUT2D eigenvalue weighted by Gasteiger charge is -2.07. The highest BCUT2D eigenvalue weighted by molar-refractivity contribution is 9.10. The number of hydrogen-bond acceptors (Lipinski definition) is 2. The minimum absolute atomic E-state index is 0.0490. The van der Waals surface area contributed by atoms with Crippen LogP contribution >= 0.6 is 27.3 Å². The first-order valence-corrected chi connectivity index (χ1v) is 7.41. The number of halogens is 1. The zero-order chi connectivity index (χ0) is 13.0. The average molecular weight is 324 g/mol. The maximum Gasteiger partial charge on any atom is 0.224 e. The van der Waals surface area contributed by atoms with Crippen molar-refractivity contribution in [2.45, 2.75) is 19.8 Å². The summed E-state index contributed by atoms with van der Waals surface area (Å²) in [5.41, 5.74) is 2.00. The van der Waals surface area contributed by atoms with E-state index in [1.165, 1.54) is 10.4 Å². The van der Waals surface area contributed by atoms with Gasteiger partial charge >= 0.3 is 0 Å². The highest BCUT2D eigenvalue weighted by Crippen LogP contribution is 2.23. The lowest BCUT2D eigenvalue weighted by atomic mass is 10.2. The van der Waals surface area contributed by atoms with Gasteiger partial charge in [-0.2, -0.15) is 0 Å². The number of carbonyl (C=O) groups is 1. The Morgan fingerprint density at radius 3 is 2.89 bits per heavy atom. The molecule has 1 aromatic heterocycles. The summed E-state index contributed by atoms with van der Waals surface area (Å²) in [6.45, 7) is 2.02. The van der Waals surface area contributed by atoms with Crippen molar-refractivity contribution in [2.75, 3.05) is 5.32 Å². The van der Waals surface area contributed by atoms with Crippen LogP contribution in [0.5, 0.6) is 0 Å². The average Bonchev–Trinajstić information content (AvgIpc) is 2.83. The van der Waals surface area contributed by atoms with Gasteiger partial charge in [-0.3, -0.25) is 4.79 Å². The summed E-state index contributed by atoms with van der Waals surface area (Å²) in [5.74, 6) is 0.0490. The van der Waals surface area contributed by atoms with E-state index < -0.39 is 0 Å². The SMILES string of the molecule is Cc1ccc(NC(=O)CCc2cccs2)c(Br)c1. The minimum atomic E-state index is 0.0490. The summed E-state index contributed by atoms with van der Waals surface area (Å²) < 4.78 is 0.923. The highest BCUT2D eigenvalue weighted by Gasteiger charge is 2.06. The molecule has 94 valence electrons. The second-order valence-electron chi connectivity index (χ2n) is 4.11. The molecule has 2 nitrogen and oxygen atoms in total. The third-order valence-electron chi connectivity index (χ3n) is 2.58. The van der Waals surface area contributed by atoms with Crippen molar-refractivity contribution in [1.29, 1.82) is 0 Å². The maximum atomic E-state index is 11.8. The minimum Gasteiger partial charge on any atom is -0.325 e. The Morgan fingerprint density at radius 1 is 1.39 bits per heavy atom. The second kappa shape index (κ2) is 6.16. The number of nitrogens with one attached hydrogen (secondary N) is 1. The molecule has 2 rings (SSSR count). The molecule has 0 saturated heterocycles. The monoisotopic (exact) mass is 323 g/mol. The van der Waals surface area contributed by atoms with E-state index in [2.05, 4.69) is 27.3 Å². The summed E-state index contributed by atoms with van der Waals surface area (Å²) in [5, 5.41) is 4.95. The van der Waals surface area contributed by atoms with Crippen LogP contribution in [0.25, 0.3) is 0 Å². The van der Waals surface area contributed by atoms with Crippen LogP contribution in [0, 0.1) is 6.92 Å². The Balaban J connectivity index is 1.91. The van der Waals surface area contributed by atoms with Crippen molar-refractivity contribution in [3.8, 4) is 0 Å². The van der Waals surface area contributed by atoms with Crippen LogP contribution in [-0.4, -0.2) is 5.91 Å². The van der Waals surface area contributed by atoms with E-state index in [9.17, 15) is 4.79 Å². The molecule has 0 saturated carbocycles. The van der Waals surface area contributed by atoms with E-state index in [4.69, 9.17) is 0 Å². The molecule has 0 radical (unpaired) electrons. The summed E-state index contributed by atoms with van der Waals surface area (Å²) in [4.78, 5) is 13.1. The first-order valence-electron chi connectivity index (χ1n) is 5.73. The topological polar surface area (TPSA) is 29.1 Å². The van der Waals surface area contributed by atoms with E-state index >= 15 is 0 Å². The van der Waals surface area contributed by atoms with Crippen LogP contribution in [0.4, 0.5) is 5.69 Å². The molecular formula is C14H14BrNOS. The molecule has 1 heterocycles. The maximum absolute atomic E-state index is 11.8. The van der Waals surface area contributed by atoms with Gasteiger partial charge in [0.2, 0.25) is 5.91 Å². The predicted molar refractivity (Wildman–Crippen MR) is 80.1 cm³/mol. The smallest absolute Gasteiger partial charge is 0.224 e. The number of hydrogen-bond donors (Lipinski definition) is 1. The van der Waals surface area contributed by atoms with E-state index in [1.54, 1.807) is 11.3 Å². The van der Waals surface area contributed by atoms with Crippen molar-refractivity contribution in [1.82, 2.24) is 0 Å². The number of benzene rings is 1. The predicted octanol–water partition coefficient (Wildman–Crippen LogP) is 4.39. The number of carbonyl (C=O) groups excluding carboxylic acids is 1. The molecule has 0 atom stereocenters. The lowest BCUT2D eigenvalue weighted by molar-refractivity contribution is -0.116. The van der Waals surface area contributed by atoms with Gasteiger partial charge in [-0.05, 0) is 58.4 Å². The van der Waals surface area contributed by atoms with Gasteiger partial charge in [0, 0.05) is 15.8 Å². The molecule has 0 aliphatic rings. The zero-order valence-corrected chi connectivity index (χ0v) is 12.5. The Kier molecular flexibility index (Phi) is 4.55.